The van der Waals surface area contributed by atoms with E-state index in [9.17, 15) is 0 Å². The molecule has 6 unspecified atom stereocenters. The Morgan fingerprint density at radius 1 is 0.240 bits per heavy atom. The van der Waals surface area contributed by atoms with Gasteiger partial charge in [0.05, 0.1) is 16.6 Å². The van der Waals surface area contributed by atoms with Crippen molar-refractivity contribution in [3.8, 4) is 55.6 Å². The van der Waals surface area contributed by atoms with Crippen molar-refractivity contribution in [1.82, 2.24) is 0 Å². The Bertz CT molecular complexity index is 5810. The monoisotopic (exact) mass is 1350 g/mol. The number of hydrogen-bond acceptors (Lipinski definition) is 3. The maximum Gasteiger partial charge on any atom is 0.0517 e. The highest BCUT2D eigenvalue weighted by Gasteiger charge is 2.61. The molecule has 6 aliphatic rings. The van der Waals surface area contributed by atoms with E-state index >= 15 is 0 Å². The van der Waals surface area contributed by atoms with Crippen molar-refractivity contribution < 1.29 is 0 Å². The van der Waals surface area contributed by atoms with Crippen LogP contribution in [0.15, 0.2) is 243 Å². The number of benzene rings is 13. The van der Waals surface area contributed by atoms with Gasteiger partial charge < -0.3 is 14.7 Å². The smallest absolute Gasteiger partial charge is 0.0517 e. The van der Waals surface area contributed by atoms with Crippen LogP contribution in [0.4, 0.5) is 34.1 Å². The number of anilines is 6. The number of hydrogen-bond donors (Lipinski definition) is 0. The third-order valence-electron chi connectivity index (χ3n) is 29.2. The zero-order chi connectivity index (χ0) is 70.1. The summed E-state index contributed by atoms with van der Waals surface area (Å²) in [6, 6.07) is 95.5. The minimum Gasteiger partial charge on any atom is -0.334 e. The van der Waals surface area contributed by atoms with Gasteiger partial charge in [-0.05, 0) is 307 Å². The Kier molecular flexibility index (Phi) is 13.1. The van der Waals surface area contributed by atoms with Gasteiger partial charge in [0.15, 0.2) is 0 Å². The summed E-state index contributed by atoms with van der Waals surface area (Å²) in [5.41, 5.74) is 29.2. The summed E-state index contributed by atoms with van der Waals surface area (Å²) >= 11 is 0. The molecule has 15 aromatic rings. The Morgan fingerprint density at radius 3 is 0.904 bits per heavy atom. The fourth-order valence-corrected chi connectivity index (χ4v) is 23.5. The van der Waals surface area contributed by atoms with Gasteiger partial charge in [0, 0.05) is 50.4 Å². The van der Waals surface area contributed by atoms with E-state index in [0.29, 0.717) is 0 Å². The molecule has 3 heteroatoms. The molecule has 0 radical (unpaired) electrons. The molecule has 0 saturated heterocycles. The first kappa shape index (κ1) is 62.4. The van der Waals surface area contributed by atoms with Crippen molar-refractivity contribution >= 4 is 98.8 Å². The van der Waals surface area contributed by atoms with Gasteiger partial charge in [0.2, 0.25) is 0 Å². The minimum atomic E-state index is -0.0814. The van der Waals surface area contributed by atoms with Crippen LogP contribution in [0, 0.1) is 20.8 Å². The Labute approximate surface area is 613 Å². The summed E-state index contributed by atoms with van der Waals surface area (Å²) < 4.78 is 0. The highest BCUT2D eigenvalue weighted by Crippen LogP contribution is 2.67. The van der Waals surface area contributed by atoms with Crippen molar-refractivity contribution in [1.29, 1.82) is 0 Å². The van der Waals surface area contributed by atoms with Gasteiger partial charge in [-0.3, -0.25) is 0 Å². The maximum atomic E-state index is 2.76. The van der Waals surface area contributed by atoms with Crippen molar-refractivity contribution in [2.45, 2.75) is 172 Å². The lowest BCUT2D eigenvalue weighted by atomic mass is 9.61. The Morgan fingerprint density at radius 2 is 0.538 bits per heavy atom. The second-order valence-electron chi connectivity index (χ2n) is 33.9. The van der Waals surface area contributed by atoms with E-state index in [1.54, 1.807) is 0 Å². The van der Waals surface area contributed by atoms with Crippen molar-refractivity contribution in [3.05, 3.63) is 276 Å². The average Bonchev–Trinajstić information content (AvgIpc) is 1.47. The molecule has 0 aromatic heterocycles. The number of aryl methyl sites for hydroxylation is 3. The van der Waals surface area contributed by atoms with E-state index in [-0.39, 0.29) is 32.9 Å². The molecule has 0 N–H and O–H groups in total. The standard InChI is InChI=1S/C101H91N3/c1-62-56-84-81(96(4)50-25-28-53-99(96,7)102(84)67-36-19-12-20-37-67)59-78(62)70-44-47-75-89-71(70)42-31-43-74(89)92-87(65-32-15-10-16-33-65)94-76-48-45-72(79-60-82-85(57-63(79)2)103(68-38-21-13-22-39-68)100(8)54-29-26-51-97(82,100)5)90-73(46-49-77(91(76)90)95(94)88(93(75)92)66-34-17-11-18-35-66)80-61-83-86(58-64(80)3)104(69-40-23-14-24-41-69)101(9)55-30-27-52-98(83,101)6/h10-24,31-49,56-61H,25-30,50-55H2,1-9H3. The molecule has 21 rings (SSSR count). The van der Waals surface area contributed by atoms with E-state index in [1.165, 1.54) is 239 Å². The average molecular weight is 1350 g/mol. The Balaban J connectivity index is 0.871. The van der Waals surface area contributed by atoms with Crippen LogP contribution in [0.25, 0.3) is 120 Å². The second kappa shape index (κ2) is 21.9. The van der Waals surface area contributed by atoms with E-state index in [2.05, 4.69) is 320 Å². The zero-order valence-corrected chi connectivity index (χ0v) is 61.9. The largest absolute Gasteiger partial charge is 0.334 e. The lowest BCUT2D eigenvalue weighted by molar-refractivity contribution is 0.195. The SMILES string of the molecule is Cc1cc2c(cc1-c1ccc3c4c(-c5ccccc5)c5c6ccc(-c7cc8c(cc7C)N(c7ccccc7)C7(C)CCCCC87C)c7c(-c8cc9c(cc8C)N(c8ccccc8)C8(C)CCCCC98C)ccc(c5c(-c5ccccc5)c4c4cccc1c43)c76)C1(C)CCCCC1(C)N2c1ccccc1. The molecule has 510 valence electrons. The Hall–Kier alpha value is -10.2. The minimum absolute atomic E-state index is 0.0138. The van der Waals surface area contributed by atoms with Crippen LogP contribution in [0.3, 0.4) is 0 Å². The third-order valence-corrected chi connectivity index (χ3v) is 29.2. The quantitative estimate of drug-likeness (QED) is 0.150. The molecule has 0 spiro atoms. The molecule has 3 heterocycles. The molecule has 6 atom stereocenters. The summed E-state index contributed by atoms with van der Waals surface area (Å²) in [5, 5.41) is 16.0. The van der Waals surface area contributed by atoms with Gasteiger partial charge in [-0.25, -0.2) is 0 Å². The summed E-state index contributed by atoms with van der Waals surface area (Å²) in [6.45, 7) is 22.7. The van der Waals surface area contributed by atoms with Gasteiger partial charge in [-0.1, -0.05) is 229 Å². The lowest BCUT2D eigenvalue weighted by Crippen LogP contribution is -2.54. The second-order valence-corrected chi connectivity index (χ2v) is 33.9. The predicted octanol–water partition coefficient (Wildman–Crippen LogP) is 28.0. The van der Waals surface area contributed by atoms with Gasteiger partial charge in [-0.2, -0.15) is 0 Å². The highest BCUT2D eigenvalue weighted by atomic mass is 15.3. The molecular formula is C101H91N3. The normalized spacial score (nSPS) is 24.1. The van der Waals surface area contributed by atoms with Crippen LogP contribution in [0.2, 0.25) is 0 Å². The van der Waals surface area contributed by atoms with Gasteiger partial charge in [0.25, 0.3) is 0 Å². The van der Waals surface area contributed by atoms with Crippen LogP contribution in [-0.4, -0.2) is 16.6 Å². The topological polar surface area (TPSA) is 9.72 Å². The molecule has 3 aliphatic heterocycles. The van der Waals surface area contributed by atoms with Gasteiger partial charge in [-0.15, -0.1) is 0 Å². The van der Waals surface area contributed by atoms with Crippen LogP contribution < -0.4 is 14.7 Å². The van der Waals surface area contributed by atoms with E-state index in [0.717, 1.165) is 25.7 Å². The van der Waals surface area contributed by atoms with Crippen LogP contribution >= 0.6 is 0 Å². The first-order chi connectivity index (χ1) is 50.6. The zero-order valence-electron chi connectivity index (χ0n) is 61.9. The van der Waals surface area contributed by atoms with Crippen molar-refractivity contribution in [2.75, 3.05) is 14.7 Å². The van der Waals surface area contributed by atoms with Crippen LogP contribution in [0.1, 0.15) is 152 Å². The molecular weight excluding hydrogens is 1260 g/mol. The van der Waals surface area contributed by atoms with Gasteiger partial charge in [0.1, 0.15) is 0 Å². The summed E-state index contributed by atoms with van der Waals surface area (Å²) in [7, 11) is 0. The molecule has 0 bridgehead atoms. The number of para-hydroxylation sites is 3. The van der Waals surface area contributed by atoms with Crippen LogP contribution in [0.5, 0.6) is 0 Å². The molecule has 104 heavy (non-hydrogen) atoms. The molecule has 3 saturated carbocycles. The fraction of sp³-hybridized carbons (Fsp3) is 0.267. The van der Waals surface area contributed by atoms with Crippen LogP contribution in [-0.2, 0) is 16.2 Å². The van der Waals surface area contributed by atoms with E-state index in [4.69, 9.17) is 0 Å². The van der Waals surface area contributed by atoms with Crippen molar-refractivity contribution in [3.63, 3.8) is 0 Å². The molecule has 15 aromatic carbocycles. The summed E-state index contributed by atoms with van der Waals surface area (Å²) in [6.07, 6.45) is 14.4. The molecule has 3 nitrogen and oxygen atoms in total. The maximum absolute atomic E-state index is 2.76. The molecule has 3 aliphatic carbocycles. The molecule has 3 fully saturated rings. The van der Waals surface area contributed by atoms with E-state index in [1.807, 2.05) is 0 Å². The van der Waals surface area contributed by atoms with Crippen molar-refractivity contribution in [2.24, 2.45) is 0 Å². The fourth-order valence-electron chi connectivity index (χ4n) is 23.5. The number of nitrogens with zero attached hydrogens (tertiary/aromatic N) is 3. The first-order valence-corrected chi connectivity index (χ1v) is 39.1. The number of rotatable bonds is 8. The first-order valence-electron chi connectivity index (χ1n) is 39.1. The summed E-state index contributed by atoms with van der Waals surface area (Å²) in [5.74, 6) is 0. The molecule has 0 amide bonds. The number of fused-ring (bicyclic) bond motifs is 15. The predicted molar refractivity (Wildman–Crippen MR) is 444 cm³/mol. The van der Waals surface area contributed by atoms with E-state index < -0.39 is 0 Å². The van der Waals surface area contributed by atoms with Gasteiger partial charge >= 0.3 is 0 Å². The lowest BCUT2D eigenvalue weighted by Gasteiger charge is -2.50. The highest BCUT2D eigenvalue weighted by molar-refractivity contribution is 6.48. The third kappa shape index (κ3) is 7.93. The summed E-state index contributed by atoms with van der Waals surface area (Å²) in [4.78, 5) is 8.25.